The molecule has 0 spiro atoms. The lowest BCUT2D eigenvalue weighted by molar-refractivity contribution is 0.272. The summed E-state index contributed by atoms with van der Waals surface area (Å²) in [5.41, 5.74) is 0.886. The highest BCUT2D eigenvalue weighted by molar-refractivity contribution is 7.89. The van der Waals surface area contributed by atoms with E-state index in [1.165, 1.54) is 4.31 Å². The number of benzene rings is 2. The quantitative estimate of drug-likeness (QED) is 0.706. The Labute approximate surface area is 176 Å². The van der Waals surface area contributed by atoms with E-state index in [0.717, 1.165) is 22.0 Å². The third-order valence-corrected chi connectivity index (χ3v) is 8.91. The van der Waals surface area contributed by atoms with Crippen LogP contribution in [-0.4, -0.2) is 51.6 Å². The number of hydrogen-bond donors (Lipinski definition) is 0. The van der Waals surface area contributed by atoms with Gasteiger partial charge in [0, 0.05) is 32.2 Å². The van der Waals surface area contributed by atoms with Crippen LogP contribution in [0, 0.1) is 11.6 Å². The minimum atomic E-state index is -4.19. The molecule has 0 unspecified atom stereocenters. The minimum Gasteiger partial charge on any atom is -0.207 e. The average Bonchev–Trinajstić information content (AvgIpc) is 2.67. The molecule has 1 fully saturated rings. The van der Waals surface area contributed by atoms with Crippen molar-refractivity contribution in [1.29, 1.82) is 0 Å². The predicted octanol–water partition coefficient (Wildman–Crippen LogP) is 2.96. The van der Waals surface area contributed by atoms with Crippen molar-refractivity contribution in [3.63, 3.8) is 0 Å². The first-order valence-electron chi connectivity index (χ1n) is 9.39. The van der Waals surface area contributed by atoms with E-state index in [4.69, 9.17) is 0 Å². The molecule has 30 heavy (non-hydrogen) atoms. The number of piperazine rings is 1. The van der Waals surface area contributed by atoms with Gasteiger partial charge in [-0.2, -0.15) is 8.61 Å². The van der Waals surface area contributed by atoms with Gasteiger partial charge in [-0.1, -0.05) is 32.9 Å². The largest absolute Gasteiger partial charge is 0.246 e. The number of rotatable bonds is 4. The van der Waals surface area contributed by atoms with Crippen LogP contribution in [0.5, 0.6) is 0 Å². The summed E-state index contributed by atoms with van der Waals surface area (Å²) >= 11 is 0. The van der Waals surface area contributed by atoms with E-state index >= 15 is 0 Å². The summed E-state index contributed by atoms with van der Waals surface area (Å²) in [6.07, 6.45) is 0. The molecule has 6 nitrogen and oxygen atoms in total. The lowest BCUT2D eigenvalue weighted by atomic mass is 9.87. The molecular weight excluding hydrogens is 434 g/mol. The highest BCUT2D eigenvalue weighted by Crippen LogP contribution is 2.26. The van der Waals surface area contributed by atoms with Gasteiger partial charge < -0.3 is 0 Å². The Morgan fingerprint density at radius 1 is 0.767 bits per heavy atom. The number of nitrogens with zero attached hydrogens (tertiary/aromatic N) is 2. The standard InChI is InChI=1S/C20H24F2N2O4S2/c1-20(2,3)15-4-7-17(8-5-15)29(25,26)23-10-12-24(13-11-23)30(27,28)19-9-6-16(21)14-18(19)22/h4-9,14H,10-13H2,1-3H3. The molecule has 0 atom stereocenters. The number of sulfonamides is 2. The topological polar surface area (TPSA) is 74.8 Å². The molecule has 0 radical (unpaired) electrons. The molecule has 10 heteroatoms. The Hall–Kier alpha value is -1.88. The Morgan fingerprint density at radius 3 is 1.73 bits per heavy atom. The van der Waals surface area contributed by atoms with Crippen LogP contribution in [-0.2, 0) is 25.5 Å². The summed E-state index contributed by atoms with van der Waals surface area (Å²) in [5.74, 6) is -2.05. The molecular formula is C20H24F2N2O4S2. The summed E-state index contributed by atoms with van der Waals surface area (Å²) in [4.78, 5) is -0.491. The van der Waals surface area contributed by atoms with E-state index in [-0.39, 0.29) is 36.5 Å². The minimum absolute atomic E-state index is 0.0641. The Bertz CT molecular complexity index is 1130. The molecule has 1 aliphatic rings. The first-order chi connectivity index (χ1) is 13.8. The Balaban J connectivity index is 1.76. The van der Waals surface area contributed by atoms with Crippen molar-refractivity contribution in [1.82, 2.24) is 8.61 Å². The average molecular weight is 459 g/mol. The fraction of sp³-hybridized carbons (Fsp3) is 0.400. The summed E-state index contributed by atoms with van der Waals surface area (Å²) in [5, 5.41) is 0. The maximum absolute atomic E-state index is 14.0. The Morgan fingerprint density at radius 2 is 1.27 bits per heavy atom. The van der Waals surface area contributed by atoms with Gasteiger partial charge in [0.1, 0.15) is 16.5 Å². The summed E-state index contributed by atoms with van der Waals surface area (Å²) in [6, 6.07) is 8.89. The van der Waals surface area contributed by atoms with E-state index in [2.05, 4.69) is 0 Å². The van der Waals surface area contributed by atoms with Crippen molar-refractivity contribution in [3.05, 3.63) is 59.7 Å². The van der Waals surface area contributed by atoms with Gasteiger partial charge in [0.2, 0.25) is 20.0 Å². The first-order valence-corrected chi connectivity index (χ1v) is 12.3. The molecule has 3 rings (SSSR count). The third-order valence-electron chi connectivity index (χ3n) is 5.07. The second kappa shape index (κ2) is 7.99. The van der Waals surface area contributed by atoms with Gasteiger partial charge in [-0.25, -0.2) is 25.6 Å². The van der Waals surface area contributed by atoms with Crippen molar-refractivity contribution in [2.24, 2.45) is 0 Å². The zero-order valence-corrected chi connectivity index (χ0v) is 18.6. The SMILES string of the molecule is CC(C)(C)c1ccc(S(=O)(=O)N2CCN(S(=O)(=O)c3ccc(F)cc3F)CC2)cc1. The van der Waals surface area contributed by atoms with E-state index in [0.29, 0.717) is 6.07 Å². The molecule has 0 aromatic heterocycles. The van der Waals surface area contributed by atoms with Crippen molar-refractivity contribution in [3.8, 4) is 0 Å². The zero-order chi connectivity index (χ0) is 22.3. The molecule has 0 aliphatic carbocycles. The second-order valence-electron chi connectivity index (χ2n) is 8.16. The van der Waals surface area contributed by atoms with Crippen LogP contribution < -0.4 is 0 Å². The maximum Gasteiger partial charge on any atom is 0.246 e. The van der Waals surface area contributed by atoms with Gasteiger partial charge in [0.15, 0.2) is 0 Å². The lowest BCUT2D eigenvalue weighted by Crippen LogP contribution is -2.50. The monoisotopic (exact) mass is 458 g/mol. The molecule has 1 aliphatic heterocycles. The van der Waals surface area contributed by atoms with Crippen molar-refractivity contribution >= 4 is 20.0 Å². The van der Waals surface area contributed by atoms with Gasteiger partial charge >= 0.3 is 0 Å². The highest BCUT2D eigenvalue weighted by Gasteiger charge is 2.35. The molecule has 0 bridgehead atoms. The summed E-state index contributed by atoms with van der Waals surface area (Å²) < 4.78 is 80.5. The van der Waals surface area contributed by atoms with Crippen LogP contribution in [0.3, 0.4) is 0 Å². The fourth-order valence-corrected chi connectivity index (χ4v) is 6.14. The van der Waals surface area contributed by atoms with E-state index in [1.54, 1.807) is 24.3 Å². The fourth-order valence-electron chi connectivity index (χ4n) is 3.25. The van der Waals surface area contributed by atoms with Crippen LogP contribution in [0.1, 0.15) is 26.3 Å². The van der Waals surface area contributed by atoms with Crippen molar-refractivity contribution < 1.29 is 25.6 Å². The lowest BCUT2D eigenvalue weighted by Gasteiger charge is -2.33. The summed E-state index contributed by atoms with van der Waals surface area (Å²) in [6.45, 7) is 5.70. The first kappa shape index (κ1) is 22.8. The molecule has 1 saturated heterocycles. The highest BCUT2D eigenvalue weighted by atomic mass is 32.2. The molecule has 0 amide bonds. The second-order valence-corrected chi connectivity index (χ2v) is 12.0. The van der Waals surface area contributed by atoms with Crippen LogP contribution in [0.4, 0.5) is 8.78 Å². The molecule has 1 heterocycles. The summed E-state index contributed by atoms with van der Waals surface area (Å²) in [7, 11) is -7.98. The predicted molar refractivity (Wildman–Crippen MR) is 109 cm³/mol. The van der Waals surface area contributed by atoms with E-state index in [9.17, 15) is 25.6 Å². The normalized spacial score (nSPS) is 17.2. The van der Waals surface area contributed by atoms with Gasteiger partial charge in [-0.3, -0.25) is 0 Å². The van der Waals surface area contributed by atoms with E-state index < -0.39 is 36.6 Å². The molecule has 0 N–H and O–H groups in total. The molecule has 0 saturated carbocycles. The van der Waals surface area contributed by atoms with Crippen LogP contribution in [0.2, 0.25) is 0 Å². The van der Waals surface area contributed by atoms with Gasteiger partial charge in [0.25, 0.3) is 0 Å². The Kier molecular flexibility index (Phi) is 6.07. The smallest absolute Gasteiger partial charge is 0.207 e. The number of halogens is 2. The molecule has 2 aromatic rings. The van der Waals surface area contributed by atoms with Crippen LogP contribution in [0.25, 0.3) is 0 Å². The van der Waals surface area contributed by atoms with Crippen LogP contribution >= 0.6 is 0 Å². The van der Waals surface area contributed by atoms with Gasteiger partial charge in [0.05, 0.1) is 4.90 Å². The number of hydrogen-bond acceptors (Lipinski definition) is 4. The van der Waals surface area contributed by atoms with Crippen molar-refractivity contribution in [2.75, 3.05) is 26.2 Å². The molecule has 164 valence electrons. The van der Waals surface area contributed by atoms with Gasteiger partial charge in [-0.05, 0) is 35.2 Å². The van der Waals surface area contributed by atoms with E-state index in [1.807, 2.05) is 20.8 Å². The zero-order valence-electron chi connectivity index (χ0n) is 17.0. The van der Waals surface area contributed by atoms with Crippen molar-refractivity contribution in [2.45, 2.75) is 36.0 Å². The third kappa shape index (κ3) is 4.41. The van der Waals surface area contributed by atoms with Gasteiger partial charge in [-0.15, -0.1) is 0 Å². The molecule has 2 aromatic carbocycles. The van der Waals surface area contributed by atoms with Crippen LogP contribution in [0.15, 0.2) is 52.3 Å². The maximum atomic E-state index is 14.0.